The fourth-order valence-corrected chi connectivity index (χ4v) is 3.69. The number of benzene rings is 2. The molecule has 31 heavy (non-hydrogen) atoms. The quantitative estimate of drug-likeness (QED) is 0.426. The SMILES string of the molecule is CC(C)(C)OC(=O)NC(=Cc1ccc(O[Si](C)(C)C(C)(C)C)c2ccccc12)C(=O)O. The number of carbonyl (C=O) groups excluding carboxylic acids is 1. The van der Waals surface area contributed by atoms with Gasteiger partial charge in [0.25, 0.3) is 8.32 Å². The van der Waals surface area contributed by atoms with Gasteiger partial charge in [0.2, 0.25) is 0 Å². The number of carboxylic acid groups (broad SMARTS) is 1. The van der Waals surface area contributed by atoms with E-state index in [1.54, 1.807) is 20.8 Å². The molecule has 0 aliphatic heterocycles. The van der Waals surface area contributed by atoms with E-state index in [4.69, 9.17) is 9.16 Å². The van der Waals surface area contributed by atoms with Crippen LogP contribution in [0.5, 0.6) is 5.75 Å². The van der Waals surface area contributed by atoms with Crippen molar-refractivity contribution < 1.29 is 23.9 Å². The van der Waals surface area contributed by atoms with E-state index >= 15 is 0 Å². The van der Waals surface area contributed by atoms with Gasteiger partial charge in [-0.3, -0.25) is 5.32 Å². The van der Waals surface area contributed by atoms with Crippen LogP contribution in [0.2, 0.25) is 18.1 Å². The highest BCUT2D eigenvalue weighted by atomic mass is 28.4. The number of hydrogen-bond acceptors (Lipinski definition) is 4. The Morgan fingerprint density at radius 1 is 0.968 bits per heavy atom. The largest absolute Gasteiger partial charge is 0.543 e. The van der Waals surface area contributed by atoms with Crippen LogP contribution in [0.1, 0.15) is 47.1 Å². The molecule has 0 heterocycles. The second-order valence-electron chi connectivity index (χ2n) is 10.1. The first-order valence-corrected chi connectivity index (χ1v) is 13.2. The van der Waals surface area contributed by atoms with Gasteiger partial charge in [0.05, 0.1) is 0 Å². The molecule has 0 unspecified atom stereocenters. The zero-order valence-electron chi connectivity index (χ0n) is 19.6. The molecule has 6 nitrogen and oxygen atoms in total. The lowest BCUT2D eigenvalue weighted by Gasteiger charge is -2.36. The average Bonchev–Trinajstić information content (AvgIpc) is 2.60. The lowest BCUT2D eigenvalue weighted by atomic mass is 10.0. The van der Waals surface area contributed by atoms with Crippen LogP contribution in [0, 0.1) is 0 Å². The molecule has 0 radical (unpaired) electrons. The topological polar surface area (TPSA) is 84.9 Å². The molecule has 7 heteroatoms. The van der Waals surface area contributed by atoms with Crippen LogP contribution in [-0.4, -0.2) is 31.1 Å². The fourth-order valence-electron chi connectivity index (χ4n) is 2.66. The normalized spacial score (nSPS) is 13.1. The molecule has 0 saturated heterocycles. The summed E-state index contributed by atoms with van der Waals surface area (Å²) in [5.41, 5.74) is -0.340. The second kappa shape index (κ2) is 8.75. The molecule has 0 aliphatic carbocycles. The molecule has 0 aliphatic rings. The van der Waals surface area contributed by atoms with Crippen molar-refractivity contribution in [1.29, 1.82) is 0 Å². The summed E-state index contributed by atoms with van der Waals surface area (Å²) in [5, 5.41) is 13.7. The standard InChI is InChI=1S/C24H33NO5Si/c1-23(2,3)29-22(28)25-19(21(26)27)15-16-13-14-20(18-12-10-9-11-17(16)18)30-31(7,8)24(4,5)6/h9-15H,1-8H3,(H,25,28)(H,26,27). The van der Waals surface area contributed by atoms with Gasteiger partial charge in [0, 0.05) is 5.39 Å². The Morgan fingerprint density at radius 3 is 2.06 bits per heavy atom. The van der Waals surface area contributed by atoms with Gasteiger partial charge in [0.1, 0.15) is 17.0 Å². The first kappa shape index (κ1) is 24.5. The molecule has 2 aromatic rings. The number of aliphatic carboxylic acids is 1. The maximum atomic E-state index is 12.1. The van der Waals surface area contributed by atoms with E-state index in [1.165, 1.54) is 6.08 Å². The molecule has 0 fully saturated rings. The zero-order chi connectivity index (χ0) is 23.6. The van der Waals surface area contributed by atoms with Gasteiger partial charge in [0.15, 0.2) is 0 Å². The summed E-state index contributed by atoms with van der Waals surface area (Å²) in [6.07, 6.45) is 0.619. The summed E-state index contributed by atoms with van der Waals surface area (Å²) in [4.78, 5) is 23.8. The molecule has 2 aromatic carbocycles. The van der Waals surface area contributed by atoms with Crippen molar-refractivity contribution in [3.63, 3.8) is 0 Å². The lowest BCUT2D eigenvalue weighted by Crippen LogP contribution is -2.43. The third kappa shape index (κ3) is 6.34. The molecule has 0 bridgehead atoms. The van der Waals surface area contributed by atoms with Gasteiger partial charge in [-0.25, -0.2) is 9.59 Å². The molecular formula is C24H33NO5Si. The smallest absolute Gasteiger partial charge is 0.412 e. The summed E-state index contributed by atoms with van der Waals surface area (Å²) in [5.74, 6) is -0.479. The highest BCUT2D eigenvalue weighted by molar-refractivity contribution is 6.74. The van der Waals surface area contributed by atoms with Crippen molar-refractivity contribution in [3.8, 4) is 5.75 Å². The van der Waals surface area contributed by atoms with Crippen molar-refractivity contribution >= 4 is 37.2 Å². The van der Waals surface area contributed by atoms with Gasteiger partial charge in [-0.2, -0.15) is 0 Å². The van der Waals surface area contributed by atoms with Crippen LogP contribution in [0.3, 0.4) is 0 Å². The molecule has 2 N–H and O–H groups in total. The van der Waals surface area contributed by atoms with Crippen LogP contribution in [0.15, 0.2) is 42.1 Å². The van der Waals surface area contributed by atoms with Gasteiger partial charge in [-0.1, -0.05) is 51.1 Å². The number of fused-ring (bicyclic) bond motifs is 1. The Hall–Kier alpha value is -2.80. The lowest BCUT2D eigenvalue weighted by molar-refractivity contribution is -0.133. The Labute approximate surface area is 185 Å². The van der Waals surface area contributed by atoms with Crippen LogP contribution in [0.25, 0.3) is 16.8 Å². The maximum Gasteiger partial charge on any atom is 0.412 e. The summed E-state index contributed by atoms with van der Waals surface area (Å²) < 4.78 is 11.7. The molecule has 0 saturated carbocycles. The zero-order valence-corrected chi connectivity index (χ0v) is 20.6. The van der Waals surface area contributed by atoms with Crippen LogP contribution < -0.4 is 9.74 Å². The fraction of sp³-hybridized carbons (Fsp3) is 0.417. The van der Waals surface area contributed by atoms with E-state index in [-0.39, 0.29) is 10.7 Å². The number of alkyl carbamates (subject to hydrolysis) is 1. The number of amides is 1. The molecule has 168 valence electrons. The first-order valence-electron chi connectivity index (χ1n) is 10.3. The minimum atomic E-state index is -2.06. The number of ether oxygens (including phenoxy) is 1. The van der Waals surface area contributed by atoms with E-state index in [1.807, 2.05) is 36.4 Å². The molecule has 2 rings (SSSR count). The van der Waals surface area contributed by atoms with Gasteiger partial charge < -0.3 is 14.3 Å². The van der Waals surface area contributed by atoms with E-state index in [0.29, 0.717) is 5.56 Å². The first-order chi connectivity index (χ1) is 14.1. The third-order valence-electron chi connectivity index (χ3n) is 5.25. The van der Waals surface area contributed by atoms with Crippen LogP contribution >= 0.6 is 0 Å². The molecule has 0 aromatic heterocycles. The van der Waals surface area contributed by atoms with Gasteiger partial charge >= 0.3 is 12.1 Å². The highest BCUT2D eigenvalue weighted by Crippen LogP contribution is 2.39. The third-order valence-corrected chi connectivity index (χ3v) is 9.60. The number of carbonyl (C=O) groups is 2. The average molecular weight is 444 g/mol. The number of hydrogen-bond donors (Lipinski definition) is 2. The van der Waals surface area contributed by atoms with E-state index in [9.17, 15) is 14.7 Å². The van der Waals surface area contributed by atoms with E-state index < -0.39 is 26.0 Å². The van der Waals surface area contributed by atoms with Crippen LogP contribution in [0.4, 0.5) is 4.79 Å². The summed E-state index contributed by atoms with van der Waals surface area (Å²) in [6.45, 7) is 16.0. The summed E-state index contributed by atoms with van der Waals surface area (Å²) in [7, 11) is -2.06. The van der Waals surface area contributed by atoms with Crippen molar-refractivity contribution in [1.82, 2.24) is 5.32 Å². The van der Waals surface area contributed by atoms with E-state index in [2.05, 4.69) is 39.2 Å². The minimum absolute atomic E-state index is 0.0422. The Bertz CT molecular complexity index is 1010. The highest BCUT2D eigenvalue weighted by Gasteiger charge is 2.39. The summed E-state index contributed by atoms with van der Waals surface area (Å²) >= 11 is 0. The monoisotopic (exact) mass is 443 g/mol. The Kier molecular flexibility index (Phi) is 6.90. The molecule has 1 amide bonds. The molecule has 0 spiro atoms. The van der Waals surface area contributed by atoms with Gasteiger partial charge in [-0.05, 0) is 62.0 Å². The Balaban J connectivity index is 2.49. The Morgan fingerprint density at radius 2 is 1.55 bits per heavy atom. The predicted octanol–water partition coefficient (Wildman–Crippen LogP) is 6.17. The van der Waals surface area contributed by atoms with Crippen molar-refractivity contribution in [2.24, 2.45) is 0 Å². The van der Waals surface area contributed by atoms with E-state index in [0.717, 1.165) is 16.5 Å². The number of nitrogens with one attached hydrogen (secondary N) is 1. The maximum absolute atomic E-state index is 12.1. The van der Waals surface area contributed by atoms with Crippen molar-refractivity contribution in [2.45, 2.75) is 65.3 Å². The van der Waals surface area contributed by atoms with Gasteiger partial charge in [-0.15, -0.1) is 0 Å². The number of rotatable bonds is 5. The molecule has 0 atom stereocenters. The second-order valence-corrected chi connectivity index (χ2v) is 14.8. The molecular weight excluding hydrogens is 410 g/mol. The number of carboxylic acids is 1. The van der Waals surface area contributed by atoms with Crippen molar-refractivity contribution in [2.75, 3.05) is 0 Å². The minimum Gasteiger partial charge on any atom is -0.543 e. The predicted molar refractivity (Wildman–Crippen MR) is 127 cm³/mol. The van der Waals surface area contributed by atoms with Crippen LogP contribution in [-0.2, 0) is 9.53 Å². The summed E-state index contributed by atoms with van der Waals surface area (Å²) in [6, 6.07) is 11.3. The van der Waals surface area contributed by atoms with Crippen molar-refractivity contribution in [3.05, 3.63) is 47.7 Å².